The first-order valence-electron chi connectivity index (χ1n) is 12.8. The van der Waals surface area contributed by atoms with Gasteiger partial charge >= 0.3 is 12.4 Å². The van der Waals surface area contributed by atoms with Gasteiger partial charge in [0.1, 0.15) is 5.75 Å². The van der Waals surface area contributed by atoms with E-state index in [-0.39, 0.29) is 22.9 Å². The molecule has 11 heteroatoms. The number of nitrogens with zero attached hydrogens (tertiary/aromatic N) is 2. The van der Waals surface area contributed by atoms with Gasteiger partial charge in [-0.15, -0.1) is 6.58 Å². The highest BCUT2D eigenvalue weighted by molar-refractivity contribution is 7.97. The molecule has 0 bridgehead atoms. The van der Waals surface area contributed by atoms with Crippen molar-refractivity contribution in [3.8, 4) is 5.75 Å². The number of pyridine rings is 1. The van der Waals surface area contributed by atoms with Crippen molar-refractivity contribution >= 4 is 22.9 Å². The van der Waals surface area contributed by atoms with E-state index >= 15 is 0 Å². The lowest BCUT2D eigenvalue weighted by molar-refractivity contribution is -0.143. The molecule has 1 aromatic heterocycles. The molecule has 0 spiro atoms. The van der Waals surface area contributed by atoms with Crippen LogP contribution < -0.4 is 9.46 Å². The number of rotatable bonds is 8. The third kappa shape index (κ3) is 6.75. The highest BCUT2D eigenvalue weighted by atomic mass is 32.2. The summed E-state index contributed by atoms with van der Waals surface area (Å²) in [5.74, 6) is 1.32. The van der Waals surface area contributed by atoms with Gasteiger partial charge in [0, 0.05) is 29.1 Å². The first-order chi connectivity index (χ1) is 18.8. The van der Waals surface area contributed by atoms with Crippen molar-refractivity contribution in [2.45, 2.75) is 49.6 Å². The Kier molecular flexibility index (Phi) is 9.06. The monoisotopic (exact) mass is 583 g/mol. The van der Waals surface area contributed by atoms with Gasteiger partial charge in [-0.25, -0.2) is 0 Å². The summed E-state index contributed by atoms with van der Waals surface area (Å²) in [5, 5.41) is 0.775. The SMILES string of the molecule is C=CC1CN(C(C)C(NSc2cc(C(F)(F)F)cc(C(F)(F)F)c2)c2ccnc3ccc(OC)cc23)CCC1C. The molecule has 0 radical (unpaired) electrons. The van der Waals surface area contributed by atoms with E-state index in [9.17, 15) is 26.3 Å². The van der Waals surface area contributed by atoms with Crippen molar-refractivity contribution in [1.82, 2.24) is 14.6 Å². The number of nitrogens with one attached hydrogen (secondary N) is 1. The highest BCUT2D eigenvalue weighted by Gasteiger charge is 2.37. The maximum atomic E-state index is 13.5. The van der Waals surface area contributed by atoms with Gasteiger partial charge in [-0.2, -0.15) is 26.3 Å². The standard InChI is InChI=1S/C29H31F6N3OS/c1-5-19-16-38(11-9-17(19)2)18(3)27(24-8-10-36-26-7-6-22(39-4)15-25(24)26)37-40-23-13-20(28(30,31)32)12-21(14-23)29(33,34)35/h5-8,10,12-15,17-19,27,37H,1,9,11,16H2,2-4H3. The number of alkyl halides is 6. The molecule has 4 atom stereocenters. The zero-order valence-corrected chi connectivity index (χ0v) is 23.1. The van der Waals surface area contributed by atoms with Gasteiger partial charge in [-0.3, -0.25) is 14.6 Å². The number of aromatic nitrogens is 1. The van der Waals surface area contributed by atoms with Gasteiger partial charge in [-0.1, -0.05) is 13.0 Å². The van der Waals surface area contributed by atoms with Crippen LogP contribution in [0.15, 0.2) is 66.2 Å². The summed E-state index contributed by atoms with van der Waals surface area (Å²) >= 11 is 0.753. The average molecular weight is 584 g/mol. The predicted molar refractivity (Wildman–Crippen MR) is 145 cm³/mol. The summed E-state index contributed by atoms with van der Waals surface area (Å²) in [5.41, 5.74) is -1.21. The van der Waals surface area contributed by atoms with Gasteiger partial charge < -0.3 is 4.74 Å². The molecule has 1 saturated heterocycles. The number of fused-ring (bicyclic) bond motifs is 1. The van der Waals surface area contributed by atoms with Crippen molar-refractivity contribution in [3.05, 3.63) is 78.0 Å². The summed E-state index contributed by atoms with van der Waals surface area (Å²) in [7, 11) is 1.54. The van der Waals surface area contributed by atoms with E-state index in [4.69, 9.17) is 4.74 Å². The molecule has 2 aromatic carbocycles. The van der Waals surface area contributed by atoms with Gasteiger partial charge in [0.05, 0.1) is 29.8 Å². The normalized spacial score (nSPS) is 20.3. The maximum Gasteiger partial charge on any atom is 0.416 e. The Hall–Kier alpha value is -2.76. The molecule has 1 N–H and O–H groups in total. The summed E-state index contributed by atoms with van der Waals surface area (Å²) in [4.78, 5) is 6.53. The smallest absolute Gasteiger partial charge is 0.416 e. The molecule has 2 heterocycles. The number of likely N-dealkylation sites (tertiary alicyclic amines) is 1. The van der Waals surface area contributed by atoms with Crippen molar-refractivity contribution in [1.29, 1.82) is 0 Å². The average Bonchev–Trinajstić information content (AvgIpc) is 2.92. The van der Waals surface area contributed by atoms with E-state index in [0.717, 1.165) is 54.5 Å². The summed E-state index contributed by atoms with van der Waals surface area (Å²) < 4.78 is 89.6. The van der Waals surface area contributed by atoms with Crippen LogP contribution in [-0.4, -0.2) is 36.1 Å². The quantitative estimate of drug-likeness (QED) is 0.165. The molecule has 0 saturated carbocycles. The first-order valence-corrected chi connectivity index (χ1v) is 13.6. The molecule has 4 unspecified atom stereocenters. The first kappa shape index (κ1) is 30.2. The predicted octanol–water partition coefficient (Wildman–Crippen LogP) is 8.15. The second-order valence-corrected chi connectivity index (χ2v) is 11.0. The van der Waals surface area contributed by atoms with E-state index < -0.39 is 29.5 Å². The van der Waals surface area contributed by atoms with Crippen LogP contribution in [0.3, 0.4) is 0 Å². The molecule has 40 heavy (non-hydrogen) atoms. The lowest BCUT2D eigenvalue weighted by Gasteiger charge is -2.42. The van der Waals surface area contributed by atoms with Crippen LogP contribution in [-0.2, 0) is 12.4 Å². The molecule has 1 fully saturated rings. The van der Waals surface area contributed by atoms with Crippen molar-refractivity contribution in [2.24, 2.45) is 11.8 Å². The molecule has 4 rings (SSSR count). The van der Waals surface area contributed by atoms with E-state index in [1.54, 1.807) is 19.4 Å². The molecule has 0 aliphatic carbocycles. The third-order valence-electron chi connectivity index (χ3n) is 7.59. The zero-order valence-electron chi connectivity index (χ0n) is 22.3. The summed E-state index contributed by atoms with van der Waals surface area (Å²) in [6, 6.07) is 8.20. The molecule has 0 amide bonds. The molecule has 216 valence electrons. The molecule has 1 aliphatic heterocycles. The second kappa shape index (κ2) is 12.0. The minimum atomic E-state index is -4.93. The lowest BCUT2D eigenvalue weighted by Crippen LogP contribution is -2.48. The fraction of sp³-hybridized carbons (Fsp3) is 0.414. The van der Waals surface area contributed by atoms with E-state index in [1.807, 2.05) is 31.2 Å². The fourth-order valence-electron chi connectivity index (χ4n) is 5.10. The van der Waals surface area contributed by atoms with Crippen molar-refractivity contribution < 1.29 is 31.1 Å². The Morgan fingerprint density at radius 3 is 2.35 bits per heavy atom. The number of benzene rings is 2. The Balaban J connectivity index is 1.75. The fourth-order valence-corrected chi connectivity index (χ4v) is 6.06. The van der Waals surface area contributed by atoms with Crippen molar-refractivity contribution in [3.63, 3.8) is 0 Å². The minimum Gasteiger partial charge on any atom is -0.497 e. The Bertz CT molecular complexity index is 1310. The van der Waals surface area contributed by atoms with Gasteiger partial charge in [0.25, 0.3) is 0 Å². The molecule has 4 nitrogen and oxygen atoms in total. The largest absolute Gasteiger partial charge is 0.497 e. The van der Waals surface area contributed by atoms with Crippen LogP contribution in [0.4, 0.5) is 26.3 Å². The van der Waals surface area contributed by atoms with Crippen LogP contribution in [0.5, 0.6) is 5.75 Å². The number of halogens is 6. The van der Waals surface area contributed by atoms with Crippen LogP contribution in [0.25, 0.3) is 10.9 Å². The number of methoxy groups -OCH3 is 1. The van der Waals surface area contributed by atoms with Crippen molar-refractivity contribution in [2.75, 3.05) is 20.2 Å². The number of piperidine rings is 1. The Labute approximate surface area is 233 Å². The zero-order chi connectivity index (χ0) is 29.2. The Morgan fingerprint density at radius 2 is 1.75 bits per heavy atom. The number of hydrogen-bond acceptors (Lipinski definition) is 5. The lowest BCUT2D eigenvalue weighted by atomic mass is 9.85. The maximum absolute atomic E-state index is 13.5. The summed E-state index contributed by atoms with van der Waals surface area (Å²) in [6.45, 7) is 9.69. The van der Waals surface area contributed by atoms with Gasteiger partial charge in [0.2, 0.25) is 0 Å². The molecular weight excluding hydrogens is 552 g/mol. The van der Waals surface area contributed by atoms with Gasteiger partial charge in [0.15, 0.2) is 0 Å². The number of hydrogen-bond donors (Lipinski definition) is 1. The van der Waals surface area contributed by atoms with Gasteiger partial charge in [-0.05, 0) is 91.7 Å². The molecule has 1 aliphatic rings. The summed E-state index contributed by atoms with van der Waals surface area (Å²) in [6.07, 6.45) is -5.33. The van der Waals surface area contributed by atoms with Crippen LogP contribution in [0.1, 0.15) is 43.0 Å². The highest BCUT2D eigenvalue weighted by Crippen LogP contribution is 2.40. The number of ether oxygens (including phenoxy) is 1. The molecular formula is C29H31F6N3OS. The van der Waals surface area contributed by atoms with Crippen LogP contribution in [0.2, 0.25) is 0 Å². The minimum absolute atomic E-state index is 0.136. The molecule has 3 aromatic rings. The van der Waals surface area contributed by atoms with Crippen LogP contribution >= 0.6 is 11.9 Å². The third-order valence-corrected chi connectivity index (χ3v) is 8.43. The second-order valence-electron chi connectivity index (χ2n) is 10.1. The van der Waals surface area contributed by atoms with Crippen LogP contribution in [0, 0.1) is 11.8 Å². The van der Waals surface area contributed by atoms with E-state index in [0.29, 0.717) is 17.2 Å². The van der Waals surface area contributed by atoms with E-state index in [2.05, 4.69) is 28.1 Å². The Morgan fingerprint density at radius 1 is 1.07 bits per heavy atom. The van der Waals surface area contributed by atoms with E-state index in [1.165, 1.54) is 0 Å². The topological polar surface area (TPSA) is 37.4 Å².